The van der Waals surface area contributed by atoms with E-state index in [1.54, 1.807) is 11.1 Å². The standard InChI is InChI=1S/C12H14N2O3/c1-8-4-3-5-13-11(8)14-7-9(6-10(14)15)12(16)17-2/h3-5,9H,6-7H2,1-2H3. The van der Waals surface area contributed by atoms with Crippen molar-refractivity contribution in [1.29, 1.82) is 0 Å². The molecule has 0 radical (unpaired) electrons. The van der Waals surface area contributed by atoms with Crippen molar-refractivity contribution in [2.24, 2.45) is 5.92 Å². The third kappa shape index (κ3) is 2.13. The van der Waals surface area contributed by atoms with E-state index in [0.29, 0.717) is 12.4 Å². The van der Waals surface area contributed by atoms with Crippen LogP contribution < -0.4 is 4.90 Å². The lowest BCUT2D eigenvalue weighted by Crippen LogP contribution is -2.27. The molecule has 1 aliphatic heterocycles. The van der Waals surface area contributed by atoms with Gasteiger partial charge < -0.3 is 4.74 Å². The van der Waals surface area contributed by atoms with Crippen molar-refractivity contribution in [1.82, 2.24) is 4.98 Å². The third-order valence-electron chi connectivity index (χ3n) is 2.90. The van der Waals surface area contributed by atoms with Crippen LogP contribution in [0.5, 0.6) is 0 Å². The van der Waals surface area contributed by atoms with Gasteiger partial charge in [-0.1, -0.05) is 6.07 Å². The Morgan fingerprint density at radius 2 is 2.35 bits per heavy atom. The molecule has 0 spiro atoms. The van der Waals surface area contributed by atoms with Gasteiger partial charge in [0, 0.05) is 19.2 Å². The first-order valence-corrected chi connectivity index (χ1v) is 5.43. The summed E-state index contributed by atoms with van der Waals surface area (Å²) in [5.74, 6) is -0.172. The van der Waals surface area contributed by atoms with Crippen LogP contribution in [0.2, 0.25) is 0 Å². The summed E-state index contributed by atoms with van der Waals surface area (Å²) in [4.78, 5) is 29.0. The van der Waals surface area contributed by atoms with Gasteiger partial charge in [-0.25, -0.2) is 4.98 Å². The first kappa shape index (κ1) is 11.6. The Balaban J connectivity index is 2.22. The summed E-state index contributed by atoms with van der Waals surface area (Å²) in [7, 11) is 1.33. The Bertz CT molecular complexity index is 459. The van der Waals surface area contributed by atoms with Gasteiger partial charge in [0.25, 0.3) is 0 Å². The van der Waals surface area contributed by atoms with Crippen LogP contribution in [-0.4, -0.2) is 30.5 Å². The monoisotopic (exact) mass is 234 g/mol. The van der Waals surface area contributed by atoms with Crippen LogP contribution in [0, 0.1) is 12.8 Å². The topological polar surface area (TPSA) is 59.5 Å². The zero-order valence-electron chi connectivity index (χ0n) is 9.84. The van der Waals surface area contributed by atoms with E-state index < -0.39 is 0 Å². The molecule has 2 heterocycles. The maximum absolute atomic E-state index is 11.8. The normalized spacial score (nSPS) is 19.5. The lowest BCUT2D eigenvalue weighted by atomic mass is 10.1. The fourth-order valence-electron chi connectivity index (χ4n) is 2.00. The number of carbonyl (C=O) groups excluding carboxylic acids is 2. The number of hydrogen-bond acceptors (Lipinski definition) is 4. The summed E-state index contributed by atoms with van der Waals surface area (Å²) >= 11 is 0. The number of aryl methyl sites for hydroxylation is 1. The molecule has 1 atom stereocenters. The summed E-state index contributed by atoms with van der Waals surface area (Å²) in [6.45, 7) is 2.24. The van der Waals surface area contributed by atoms with E-state index in [1.165, 1.54) is 7.11 Å². The molecule has 1 aliphatic rings. The molecule has 1 amide bonds. The van der Waals surface area contributed by atoms with Crippen LogP contribution in [0.4, 0.5) is 5.82 Å². The number of hydrogen-bond donors (Lipinski definition) is 0. The van der Waals surface area contributed by atoms with E-state index in [1.807, 2.05) is 19.1 Å². The van der Waals surface area contributed by atoms with Gasteiger partial charge in [0.2, 0.25) is 5.91 Å². The molecule has 5 nitrogen and oxygen atoms in total. The number of methoxy groups -OCH3 is 1. The van der Waals surface area contributed by atoms with Crippen molar-refractivity contribution in [3.8, 4) is 0 Å². The van der Waals surface area contributed by atoms with E-state index in [-0.39, 0.29) is 24.2 Å². The Hall–Kier alpha value is -1.91. The molecule has 2 rings (SSSR count). The summed E-state index contributed by atoms with van der Waals surface area (Å²) in [5, 5.41) is 0. The molecule has 1 fully saturated rings. The predicted octanol–water partition coefficient (Wildman–Crippen LogP) is 0.916. The SMILES string of the molecule is COC(=O)C1CC(=O)N(c2ncccc2C)C1. The van der Waals surface area contributed by atoms with Gasteiger partial charge in [-0.05, 0) is 18.6 Å². The zero-order valence-corrected chi connectivity index (χ0v) is 9.84. The van der Waals surface area contributed by atoms with E-state index >= 15 is 0 Å². The Kier molecular flexibility index (Phi) is 3.08. The number of pyridine rings is 1. The van der Waals surface area contributed by atoms with Crippen LogP contribution in [-0.2, 0) is 14.3 Å². The van der Waals surface area contributed by atoms with Crippen molar-refractivity contribution >= 4 is 17.7 Å². The van der Waals surface area contributed by atoms with Crippen LogP contribution in [0.15, 0.2) is 18.3 Å². The second-order valence-electron chi connectivity index (χ2n) is 4.07. The first-order valence-electron chi connectivity index (χ1n) is 5.43. The van der Waals surface area contributed by atoms with E-state index in [0.717, 1.165) is 5.56 Å². The Labute approximate surface area is 99.4 Å². The van der Waals surface area contributed by atoms with Crippen molar-refractivity contribution < 1.29 is 14.3 Å². The highest BCUT2D eigenvalue weighted by Crippen LogP contribution is 2.26. The number of anilines is 1. The zero-order chi connectivity index (χ0) is 12.4. The average Bonchev–Trinajstić information content (AvgIpc) is 2.71. The van der Waals surface area contributed by atoms with Crippen LogP contribution in [0.25, 0.3) is 0 Å². The molecule has 0 bridgehead atoms. The fourth-order valence-corrected chi connectivity index (χ4v) is 2.00. The highest BCUT2D eigenvalue weighted by molar-refractivity contribution is 5.99. The largest absolute Gasteiger partial charge is 0.469 e. The molecule has 0 aromatic carbocycles. The van der Waals surface area contributed by atoms with Gasteiger partial charge in [-0.3, -0.25) is 14.5 Å². The Morgan fingerprint density at radius 1 is 1.59 bits per heavy atom. The number of amides is 1. The number of aromatic nitrogens is 1. The molecule has 1 aromatic heterocycles. The van der Waals surface area contributed by atoms with Crippen molar-refractivity contribution in [2.75, 3.05) is 18.6 Å². The van der Waals surface area contributed by atoms with Crippen LogP contribution in [0.3, 0.4) is 0 Å². The highest BCUT2D eigenvalue weighted by Gasteiger charge is 2.36. The second kappa shape index (κ2) is 4.53. The van der Waals surface area contributed by atoms with Crippen molar-refractivity contribution in [2.45, 2.75) is 13.3 Å². The fraction of sp³-hybridized carbons (Fsp3) is 0.417. The highest BCUT2D eigenvalue weighted by atomic mass is 16.5. The van der Waals surface area contributed by atoms with Crippen molar-refractivity contribution in [3.63, 3.8) is 0 Å². The van der Waals surface area contributed by atoms with E-state index in [9.17, 15) is 9.59 Å². The first-order chi connectivity index (χ1) is 8.13. The molecule has 5 heteroatoms. The van der Waals surface area contributed by atoms with E-state index in [2.05, 4.69) is 9.72 Å². The third-order valence-corrected chi connectivity index (χ3v) is 2.90. The lowest BCUT2D eigenvalue weighted by Gasteiger charge is -2.16. The average molecular weight is 234 g/mol. The van der Waals surface area contributed by atoms with Gasteiger partial charge in [-0.15, -0.1) is 0 Å². The molecule has 0 saturated carbocycles. The molecule has 17 heavy (non-hydrogen) atoms. The molecule has 0 aliphatic carbocycles. The maximum Gasteiger partial charge on any atom is 0.311 e. The van der Waals surface area contributed by atoms with Gasteiger partial charge in [0.15, 0.2) is 0 Å². The number of esters is 1. The summed E-state index contributed by atoms with van der Waals surface area (Å²) in [6, 6.07) is 3.71. The quantitative estimate of drug-likeness (QED) is 0.714. The van der Waals surface area contributed by atoms with Crippen LogP contribution >= 0.6 is 0 Å². The molecule has 1 aromatic rings. The van der Waals surface area contributed by atoms with Crippen molar-refractivity contribution in [3.05, 3.63) is 23.9 Å². The minimum Gasteiger partial charge on any atom is -0.469 e. The van der Waals surface area contributed by atoms with E-state index in [4.69, 9.17) is 0 Å². The maximum atomic E-state index is 11.8. The minimum atomic E-state index is -0.381. The summed E-state index contributed by atoms with van der Waals surface area (Å²) in [6.07, 6.45) is 1.84. The number of ether oxygens (including phenoxy) is 1. The molecular formula is C12H14N2O3. The second-order valence-corrected chi connectivity index (χ2v) is 4.07. The van der Waals surface area contributed by atoms with Crippen LogP contribution in [0.1, 0.15) is 12.0 Å². The van der Waals surface area contributed by atoms with Gasteiger partial charge in [-0.2, -0.15) is 0 Å². The molecule has 1 unspecified atom stereocenters. The number of rotatable bonds is 2. The number of nitrogens with zero attached hydrogens (tertiary/aromatic N) is 2. The number of carbonyl (C=O) groups is 2. The lowest BCUT2D eigenvalue weighted by molar-refractivity contribution is -0.145. The minimum absolute atomic E-state index is 0.0813. The Morgan fingerprint density at radius 3 is 3.00 bits per heavy atom. The smallest absolute Gasteiger partial charge is 0.311 e. The summed E-state index contributed by atoms with van der Waals surface area (Å²) in [5.41, 5.74) is 0.923. The molecule has 1 saturated heterocycles. The van der Waals surface area contributed by atoms with Gasteiger partial charge >= 0.3 is 5.97 Å². The molecule has 90 valence electrons. The molecular weight excluding hydrogens is 220 g/mol. The summed E-state index contributed by atoms with van der Waals surface area (Å²) < 4.78 is 4.66. The predicted molar refractivity (Wildman–Crippen MR) is 61.5 cm³/mol. The van der Waals surface area contributed by atoms with Gasteiger partial charge in [0.05, 0.1) is 13.0 Å². The molecule has 0 N–H and O–H groups in total. The van der Waals surface area contributed by atoms with Gasteiger partial charge in [0.1, 0.15) is 5.82 Å².